The number of rotatable bonds is 3. The Labute approximate surface area is 73.7 Å². The molecular weight excluding hydrogens is 154 g/mol. The number of nitrogens with zero attached hydrogens (tertiary/aromatic N) is 1. The number of carbonyl (C=O) groups is 1. The number of esters is 1. The van der Waals surface area contributed by atoms with E-state index in [0.717, 1.165) is 13.0 Å². The molecule has 0 radical (unpaired) electrons. The second-order valence-electron chi connectivity index (χ2n) is 3.39. The maximum Gasteiger partial charge on any atom is 0.323 e. The van der Waals surface area contributed by atoms with Gasteiger partial charge in [-0.15, -0.1) is 0 Å². The van der Waals surface area contributed by atoms with E-state index in [-0.39, 0.29) is 12.0 Å². The highest BCUT2D eigenvalue weighted by atomic mass is 16.5. The molecule has 0 saturated carbocycles. The van der Waals surface area contributed by atoms with Crippen LogP contribution < -0.4 is 0 Å². The van der Waals surface area contributed by atoms with Gasteiger partial charge in [-0.25, -0.2) is 0 Å². The first-order chi connectivity index (χ1) is 5.66. The predicted molar refractivity (Wildman–Crippen MR) is 46.9 cm³/mol. The maximum absolute atomic E-state index is 11.3. The van der Waals surface area contributed by atoms with Crippen molar-refractivity contribution in [2.45, 2.75) is 39.3 Å². The summed E-state index contributed by atoms with van der Waals surface area (Å²) in [7, 11) is 0. The summed E-state index contributed by atoms with van der Waals surface area (Å²) in [5.74, 6) is -0.0579. The van der Waals surface area contributed by atoms with Crippen LogP contribution in [0.1, 0.15) is 27.2 Å². The van der Waals surface area contributed by atoms with Crippen LogP contribution in [0.2, 0.25) is 0 Å². The highest BCUT2D eigenvalue weighted by Crippen LogP contribution is 2.21. The molecule has 0 spiro atoms. The lowest BCUT2D eigenvalue weighted by molar-refractivity contribution is -0.155. The van der Waals surface area contributed by atoms with Crippen molar-refractivity contribution in [2.24, 2.45) is 0 Å². The van der Waals surface area contributed by atoms with Gasteiger partial charge in [0.1, 0.15) is 6.04 Å². The smallest absolute Gasteiger partial charge is 0.323 e. The molecule has 0 aromatic carbocycles. The van der Waals surface area contributed by atoms with Crippen molar-refractivity contribution < 1.29 is 9.53 Å². The molecule has 0 N–H and O–H groups in total. The van der Waals surface area contributed by atoms with Gasteiger partial charge in [-0.05, 0) is 27.2 Å². The molecule has 0 aromatic rings. The standard InChI is InChI=1S/C9H17NO2/c1-4-12-9(11)8-5-6-10(8)7(2)3/h7-8H,4-6H2,1-3H3/t8-/m1/s1. The van der Waals surface area contributed by atoms with Crippen LogP contribution in [0.3, 0.4) is 0 Å². The third-order valence-corrected chi connectivity index (χ3v) is 2.28. The van der Waals surface area contributed by atoms with E-state index in [1.54, 1.807) is 0 Å². The Morgan fingerprint density at radius 1 is 1.67 bits per heavy atom. The van der Waals surface area contributed by atoms with Crippen molar-refractivity contribution in [2.75, 3.05) is 13.2 Å². The minimum atomic E-state index is -0.0579. The van der Waals surface area contributed by atoms with E-state index in [9.17, 15) is 4.79 Å². The van der Waals surface area contributed by atoms with Crippen LogP contribution in [0, 0.1) is 0 Å². The molecule has 1 aliphatic rings. The van der Waals surface area contributed by atoms with Crippen LogP contribution in [-0.2, 0) is 9.53 Å². The summed E-state index contributed by atoms with van der Waals surface area (Å²) in [5.41, 5.74) is 0. The molecule has 0 aromatic heterocycles. The number of hydrogen-bond donors (Lipinski definition) is 0. The van der Waals surface area contributed by atoms with E-state index >= 15 is 0 Å². The second-order valence-corrected chi connectivity index (χ2v) is 3.39. The summed E-state index contributed by atoms with van der Waals surface area (Å²) >= 11 is 0. The summed E-state index contributed by atoms with van der Waals surface area (Å²) in [6.45, 7) is 7.56. The summed E-state index contributed by atoms with van der Waals surface area (Å²) in [4.78, 5) is 13.4. The highest BCUT2D eigenvalue weighted by molar-refractivity contribution is 5.76. The molecule has 1 rings (SSSR count). The fourth-order valence-electron chi connectivity index (χ4n) is 1.52. The second kappa shape index (κ2) is 3.90. The predicted octanol–water partition coefficient (Wildman–Crippen LogP) is 1.03. The van der Waals surface area contributed by atoms with Gasteiger partial charge in [0, 0.05) is 12.6 Å². The molecule has 0 aliphatic carbocycles. The molecule has 1 heterocycles. The molecule has 3 heteroatoms. The molecule has 70 valence electrons. The van der Waals surface area contributed by atoms with Gasteiger partial charge in [-0.2, -0.15) is 0 Å². The monoisotopic (exact) mass is 171 g/mol. The lowest BCUT2D eigenvalue weighted by atomic mass is 10.0. The van der Waals surface area contributed by atoms with Crippen LogP contribution >= 0.6 is 0 Å². The van der Waals surface area contributed by atoms with Crippen LogP contribution in [0.25, 0.3) is 0 Å². The fraction of sp³-hybridized carbons (Fsp3) is 0.889. The van der Waals surface area contributed by atoms with Gasteiger partial charge in [-0.3, -0.25) is 9.69 Å². The van der Waals surface area contributed by atoms with Crippen LogP contribution in [0.4, 0.5) is 0 Å². The van der Waals surface area contributed by atoms with Crippen molar-refractivity contribution in [1.82, 2.24) is 4.90 Å². The van der Waals surface area contributed by atoms with Crippen molar-refractivity contribution in [3.63, 3.8) is 0 Å². The first-order valence-corrected chi connectivity index (χ1v) is 4.59. The highest BCUT2D eigenvalue weighted by Gasteiger charge is 2.36. The van der Waals surface area contributed by atoms with Crippen LogP contribution in [-0.4, -0.2) is 36.1 Å². The van der Waals surface area contributed by atoms with Gasteiger partial charge in [-0.1, -0.05) is 0 Å². The molecule has 0 bridgehead atoms. The molecule has 1 atom stereocenters. The zero-order valence-electron chi connectivity index (χ0n) is 8.04. The minimum absolute atomic E-state index is 0.0324. The lowest BCUT2D eigenvalue weighted by Gasteiger charge is -2.41. The summed E-state index contributed by atoms with van der Waals surface area (Å²) in [6, 6.07) is 0.484. The number of likely N-dealkylation sites (tertiary alicyclic amines) is 1. The quantitative estimate of drug-likeness (QED) is 0.594. The summed E-state index contributed by atoms with van der Waals surface area (Å²) in [6.07, 6.45) is 0.955. The molecule has 1 fully saturated rings. The Balaban J connectivity index is 2.38. The summed E-state index contributed by atoms with van der Waals surface area (Å²) in [5, 5.41) is 0. The van der Waals surface area contributed by atoms with Crippen molar-refractivity contribution >= 4 is 5.97 Å². The van der Waals surface area contributed by atoms with Gasteiger partial charge in [0.05, 0.1) is 6.61 Å². The third-order valence-electron chi connectivity index (χ3n) is 2.28. The van der Waals surface area contributed by atoms with Gasteiger partial charge in [0.15, 0.2) is 0 Å². The zero-order valence-corrected chi connectivity index (χ0v) is 8.04. The van der Waals surface area contributed by atoms with Crippen LogP contribution in [0.15, 0.2) is 0 Å². The summed E-state index contributed by atoms with van der Waals surface area (Å²) < 4.78 is 4.95. The van der Waals surface area contributed by atoms with E-state index in [4.69, 9.17) is 4.74 Å². The van der Waals surface area contributed by atoms with E-state index in [1.807, 2.05) is 6.92 Å². The largest absolute Gasteiger partial charge is 0.465 e. The van der Waals surface area contributed by atoms with Gasteiger partial charge < -0.3 is 4.74 Å². The topological polar surface area (TPSA) is 29.5 Å². The average molecular weight is 171 g/mol. The Kier molecular flexibility index (Phi) is 3.09. The number of carbonyl (C=O) groups excluding carboxylic acids is 1. The third kappa shape index (κ3) is 1.78. The zero-order chi connectivity index (χ0) is 9.14. The van der Waals surface area contributed by atoms with Crippen molar-refractivity contribution in [1.29, 1.82) is 0 Å². The Morgan fingerprint density at radius 2 is 2.33 bits per heavy atom. The molecule has 0 unspecified atom stereocenters. The van der Waals surface area contributed by atoms with Gasteiger partial charge in [0.2, 0.25) is 0 Å². The van der Waals surface area contributed by atoms with Gasteiger partial charge in [0.25, 0.3) is 0 Å². The van der Waals surface area contributed by atoms with E-state index in [0.29, 0.717) is 12.6 Å². The fourth-order valence-corrected chi connectivity index (χ4v) is 1.52. The van der Waals surface area contributed by atoms with E-state index < -0.39 is 0 Å². The Bertz CT molecular complexity index is 168. The maximum atomic E-state index is 11.3. The average Bonchev–Trinajstić information content (AvgIpc) is 1.82. The molecule has 1 saturated heterocycles. The van der Waals surface area contributed by atoms with E-state index in [1.165, 1.54) is 0 Å². The first kappa shape index (κ1) is 9.52. The van der Waals surface area contributed by atoms with Gasteiger partial charge >= 0.3 is 5.97 Å². The Morgan fingerprint density at radius 3 is 2.67 bits per heavy atom. The van der Waals surface area contributed by atoms with Crippen LogP contribution in [0.5, 0.6) is 0 Å². The molecule has 12 heavy (non-hydrogen) atoms. The molecular formula is C9H17NO2. The Hall–Kier alpha value is -0.570. The molecule has 1 aliphatic heterocycles. The first-order valence-electron chi connectivity index (χ1n) is 4.59. The lowest BCUT2D eigenvalue weighted by Crippen LogP contribution is -2.55. The number of ether oxygens (including phenoxy) is 1. The van der Waals surface area contributed by atoms with E-state index in [2.05, 4.69) is 18.7 Å². The SMILES string of the molecule is CCOC(=O)[C@H]1CCN1C(C)C. The van der Waals surface area contributed by atoms with Crippen molar-refractivity contribution in [3.05, 3.63) is 0 Å². The molecule has 3 nitrogen and oxygen atoms in total. The minimum Gasteiger partial charge on any atom is -0.465 e. The number of hydrogen-bond acceptors (Lipinski definition) is 3. The van der Waals surface area contributed by atoms with Crippen molar-refractivity contribution in [3.8, 4) is 0 Å². The normalized spacial score (nSPS) is 23.8. The molecule has 0 amide bonds.